The van der Waals surface area contributed by atoms with Crippen LogP contribution in [0.5, 0.6) is 0 Å². The largest absolute Gasteiger partial charge is 0.466 e. The minimum atomic E-state index is -3.20. The molecule has 0 aliphatic heterocycles. The van der Waals surface area contributed by atoms with E-state index in [0.717, 1.165) is 98.8 Å². The molecule has 13 aromatic rings. The maximum Gasteiger partial charge on any atom is 0.243 e. The fraction of sp³-hybridized carbons (Fsp3) is 0.293. The predicted octanol–water partition coefficient (Wildman–Crippen LogP) is 24.1. The van der Waals surface area contributed by atoms with Crippen molar-refractivity contribution in [3.8, 4) is 0 Å². The van der Waals surface area contributed by atoms with Gasteiger partial charge in [-0.2, -0.15) is 0 Å². The van der Waals surface area contributed by atoms with E-state index in [1.165, 1.54) is 82.2 Å². The number of nitrogens with two attached hydrogens (primary N) is 1. The molecule has 0 unspecified atom stereocenters. The number of aryl methyl sites for hydroxylation is 12. The molecule has 132 heavy (non-hydrogen) atoms. The van der Waals surface area contributed by atoms with Crippen molar-refractivity contribution < 1.29 is 60.8 Å². The minimum Gasteiger partial charge on any atom is -0.466 e. The smallest absolute Gasteiger partial charge is 0.243 e. The van der Waals surface area contributed by atoms with E-state index in [1.54, 1.807) is 99.9 Å². The van der Waals surface area contributed by atoms with Crippen LogP contribution in [-0.4, -0.2) is 65.8 Å². The van der Waals surface area contributed by atoms with Gasteiger partial charge in [0.1, 0.15) is 52.0 Å². The summed E-state index contributed by atoms with van der Waals surface area (Å²) in [7, 11) is -3.20. The first-order valence-electron chi connectivity index (χ1n) is 46.3. The van der Waals surface area contributed by atoms with Crippen LogP contribution in [0.3, 0.4) is 0 Å². The van der Waals surface area contributed by atoms with E-state index in [-0.39, 0.29) is 65.0 Å². The molecule has 2 aromatic heterocycles. The quantitative estimate of drug-likeness (QED) is 0.0105. The lowest BCUT2D eigenvalue weighted by atomic mass is 10.0. The number of carbonyl (C=O) groups is 8. The van der Waals surface area contributed by atoms with Gasteiger partial charge in [0.2, 0.25) is 5.91 Å². The number of furan rings is 2. The average molecular weight is 1790 g/mol. The number of hydroxylamine groups is 1. The zero-order valence-electron chi connectivity index (χ0n) is 77.2. The highest BCUT2D eigenvalue weighted by Crippen LogP contribution is 2.22. The third kappa shape index (κ3) is 43.5. The van der Waals surface area contributed by atoms with Crippen LogP contribution in [0.15, 0.2) is 341 Å². The van der Waals surface area contributed by atoms with E-state index in [0.29, 0.717) is 104 Å². The Labute approximate surface area is 782 Å². The van der Waals surface area contributed by atoms with Gasteiger partial charge in [-0.3, -0.25) is 29.2 Å². The van der Waals surface area contributed by atoms with Crippen LogP contribution in [-0.2, 0) is 141 Å². The molecule has 16 heteroatoms. The number of anilines is 1. The van der Waals surface area contributed by atoms with Gasteiger partial charge in [-0.25, -0.2) is 13.9 Å². The van der Waals surface area contributed by atoms with Crippen LogP contribution in [0.1, 0.15) is 222 Å². The van der Waals surface area contributed by atoms with Gasteiger partial charge in [0.25, 0.3) is 0 Å². The number of nitrogen functional groups attached to an aromatic ring is 1. The van der Waals surface area contributed by atoms with E-state index in [9.17, 15) is 46.8 Å². The molecule has 0 atom stereocenters. The van der Waals surface area contributed by atoms with Crippen LogP contribution in [0, 0.1) is 0 Å². The molecular weight excluding hydrogens is 1660 g/mol. The molecule has 15 nitrogen and oxygen atoms in total. The minimum absolute atomic E-state index is 0.0159. The Morgan fingerprint density at radius 1 is 0.273 bits per heavy atom. The lowest BCUT2D eigenvalue weighted by Gasteiger charge is -2.05. The Kier molecular flexibility index (Phi) is 47.3. The maximum absolute atomic E-state index is 12.2. The van der Waals surface area contributed by atoms with Crippen LogP contribution in [0.25, 0.3) is 0 Å². The summed E-state index contributed by atoms with van der Waals surface area (Å²) in [5.74, 6) is 3.55. The molecule has 0 spiro atoms. The van der Waals surface area contributed by atoms with Crippen LogP contribution >= 0.6 is 0 Å². The van der Waals surface area contributed by atoms with Crippen molar-refractivity contribution in [3.05, 3.63) is 429 Å². The van der Waals surface area contributed by atoms with Crippen LogP contribution < -0.4 is 11.2 Å². The van der Waals surface area contributed by atoms with Gasteiger partial charge in [0.05, 0.1) is 23.5 Å². The maximum atomic E-state index is 12.2. The topological polar surface area (TPSA) is 255 Å². The van der Waals surface area contributed by atoms with Gasteiger partial charge in [0, 0.05) is 74.6 Å². The summed E-state index contributed by atoms with van der Waals surface area (Å²) < 4.78 is 35.6. The highest BCUT2D eigenvalue weighted by molar-refractivity contribution is 7.91. The van der Waals surface area contributed by atoms with Gasteiger partial charge >= 0.3 is 0 Å². The van der Waals surface area contributed by atoms with Gasteiger partial charge in [-0.1, -0.05) is 285 Å². The Hall–Kier alpha value is -13.2. The molecule has 0 aliphatic carbocycles. The number of sulfone groups is 1. The molecule has 13 rings (SSSR count). The lowest BCUT2D eigenvalue weighted by Crippen LogP contribution is -2.18. The summed E-state index contributed by atoms with van der Waals surface area (Å²) in [6, 6.07) is 107. The summed E-state index contributed by atoms with van der Waals surface area (Å²) in [4.78, 5) is 91.5. The second-order valence-corrected chi connectivity index (χ2v) is 35.6. The molecule has 1 amide bonds. The van der Waals surface area contributed by atoms with Gasteiger partial charge in [-0.05, 0) is 252 Å². The number of nitrogens with one attached hydrogen (secondary N) is 1. The molecule has 0 bridgehead atoms. The average Bonchev–Trinajstić information content (AvgIpc) is 1.42. The van der Waals surface area contributed by atoms with E-state index >= 15 is 0 Å². The predicted molar refractivity (Wildman–Crippen MR) is 530 cm³/mol. The lowest BCUT2D eigenvalue weighted by molar-refractivity contribution is -0.129. The highest BCUT2D eigenvalue weighted by Gasteiger charge is 2.17. The molecule has 0 radical (unpaired) electrons. The first kappa shape index (κ1) is 104. The fourth-order valence-electron chi connectivity index (χ4n) is 14.7. The van der Waals surface area contributed by atoms with E-state index in [2.05, 4.69) is 164 Å². The van der Waals surface area contributed by atoms with Crippen molar-refractivity contribution >= 4 is 61.9 Å². The SMILES string of the molecule is CC(=O)CCCc1ccc(CCCc2ccccc2)cc1.CC(=O)CCc1ccc(CC(=O)c2ccccc2)o1.CC(=O)CCc1ccc(CCCCc2ccccc2)cc1.CC(=O)Cc1ccc(CCCS(=O)(=O)c2ccccc2)cc1.Nc1ccccc1CC(=O)CCc1ccc(CC(=O)c2ccccc2)o1.O=C(CCCc1ccc(CCCCc2ccccc2)cc1)NO. The molecule has 688 valence electrons. The number of hydrogen-bond acceptors (Lipinski definition) is 14. The van der Waals surface area contributed by atoms with E-state index in [1.807, 2.05) is 97.1 Å². The number of unbranched alkanes of at least 4 members (excludes halogenated alkanes) is 2. The summed E-state index contributed by atoms with van der Waals surface area (Å²) in [6.45, 7) is 6.45. The fourth-order valence-corrected chi connectivity index (χ4v) is 16.0. The first-order chi connectivity index (χ1) is 64.0. The Morgan fingerprint density at radius 3 is 0.955 bits per heavy atom. The number of hydrogen-bond donors (Lipinski definition) is 3. The van der Waals surface area contributed by atoms with Crippen molar-refractivity contribution in [2.75, 3.05) is 11.5 Å². The summed E-state index contributed by atoms with van der Waals surface area (Å²) >= 11 is 0. The number of benzene rings is 11. The zero-order valence-corrected chi connectivity index (χ0v) is 78.0. The van der Waals surface area contributed by atoms with E-state index < -0.39 is 9.84 Å². The number of Topliss-reactive ketones (excluding diaryl/α,β-unsaturated/α-hetero) is 7. The first-order valence-corrected chi connectivity index (χ1v) is 47.9. The number of ketones is 7. The highest BCUT2D eigenvalue weighted by atomic mass is 32.2. The number of carbonyl (C=O) groups excluding carboxylic acids is 8. The Bertz CT molecular complexity index is 5660. The molecule has 2 heterocycles. The molecule has 11 aromatic carbocycles. The molecule has 0 fully saturated rings. The molecule has 4 N–H and O–H groups in total. The molecular formula is C116H130N2O13S. The number of para-hydroxylation sites is 1. The second-order valence-electron chi connectivity index (χ2n) is 33.5. The molecule has 0 aliphatic rings. The van der Waals surface area contributed by atoms with Gasteiger partial charge in [0.15, 0.2) is 21.4 Å². The normalized spacial score (nSPS) is 10.6. The summed E-state index contributed by atoms with van der Waals surface area (Å²) in [5.41, 5.74) is 24.7. The van der Waals surface area contributed by atoms with Crippen LogP contribution in [0.2, 0.25) is 0 Å². The van der Waals surface area contributed by atoms with Crippen molar-refractivity contribution in [2.45, 2.75) is 219 Å². The van der Waals surface area contributed by atoms with Crippen molar-refractivity contribution in [1.29, 1.82) is 0 Å². The number of rotatable bonds is 46. The summed E-state index contributed by atoms with van der Waals surface area (Å²) in [5, 5.41) is 8.44. The molecule has 0 saturated carbocycles. The second kappa shape index (κ2) is 59.9. The van der Waals surface area contributed by atoms with Gasteiger partial charge in [-0.15, -0.1) is 0 Å². The molecule has 0 saturated heterocycles. The number of amides is 1. The van der Waals surface area contributed by atoms with Crippen molar-refractivity contribution in [2.24, 2.45) is 0 Å². The third-order valence-electron chi connectivity index (χ3n) is 22.2. The van der Waals surface area contributed by atoms with E-state index in [4.69, 9.17) is 19.8 Å². The summed E-state index contributed by atoms with van der Waals surface area (Å²) in [6.07, 6.45) is 23.5. The van der Waals surface area contributed by atoms with Gasteiger partial charge < -0.3 is 29.0 Å². The Morgan fingerprint density at radius 2 is 0.576 bits per heavy atom. The standard InChI is InChI=1S/C22H21NO3.C20H25NO2.2C20H24O.C18H20O3S.C16H16O3/c23-21-9-5-4-8-17(21)14-18(24)10-11-19-12-13-20(26-19)15-22(25)16-6-2-1-3-7-16;22-20(21-23)12-6-11-19-15-13-18(14-16-19)10-5-4-9-17-7-2-1-3-8-17;1-17(21)7-5-10-19-13-15-20(16-14-19)12-6-11-18-8-3-2-4-9-18;1-17(21)11-12-20-15-13-19(14-16-20)10-6-5-9-18-7-3-2-4-8-18;1-15(19)14-17-11-9-16(10-12-17)6-5-13-22(20,21)18-7-3-2-4-8-18;1-12(17)7-8-14-9-10-15(19-14)11-16(18)13-5-3-2-4-6-13/h1-9,12-13H,10-11,14-15,23H2;1-3,7-8,13-16,23H,4-6,9-12H2,(H,21,22);2-4,8-9,13-16H,5-7,10-12H2,1H3;2-4,7-8,13-16H,5-6,9-12H2,1H3;2-4,7-12H,5-6,13-14H2,1H3;2-6,9-10H,7-8,11H2,1H3. The van der Waals surface area contributed by atoms with Crippen molar-refractivity contribution in [1.82, 2.24) is 5.48 Å². The zero-order chi connectivity index (χ0) is 94.2. The Balaban J connectivity index is 0.000000196. The van der Waals surface area contributed by atoms with Crippen LogP contribution in [0.4, 0.5) is 5.69 Å². The monoisotopic (exact) mass is 1790 g/mol. The third-order valence-corrected chi connectivity index (χ3v) is 24.0. The van der Waals surface area contributed by atoms with Crippen molar-refractivity contribution in [3.63, 3.8) is 0 Å².